The fourth-order valence-corrected chi connectivity index (χ4v) is 4.95. The Morgan fingerprint density at radius 1 is 1.44 bits per heavy atom. The molecule has 4 nitrogen and oxygen atoms in total. The van der Waals surface area contributed by atoms with Crippen molar-refractivity contribution in [1.82, 2.24) is 15.6 Å². The molecule has 1 amide bonds. The molecule has 3 heterocycles. The summed E-state index contributed by atoms with van der Waals surface area (Å²) in [4.78, 5) is 17.5. The van der Waals surface area contributed by atoms with Gasteiger partial charge in [0.2, 0.25) is 5.91 Å². The average molecular weight is 398 g/mol. The van der Waals surface area contributed by atoms with E-state index in [2.05, 4.69) is 21.0 Å². The Bertz CT molecular complexity index is 740. The minimum absolute atomic E-state index is 0. The maximum Gasteiger partial charge on any atom is 0.228 e. The monoisotopic (exact) mass is 397 g/mol. The van der Waals surface area contributed by atoms with Crippen molar-refractivity contribution in [2.24, 2.45) is 5.41 Å². The highest BCUT2D eigenvalue weighted by Gasteiger charge is 2.55. The number of hydrogen-bond acceptors (Lipinski definition) is 4. The van der Waals surface area contributed by atoms with Crippen molar-refractivity contribution in [1.29, 1.82) is 0 Å². The Morgan fingerprint density at radius 2 is 2.32 bits per heavy atom. The van der Waals surface area contributed by atoms with Crippen molar-refractivity contribution in [3.8, 4) is 0 Å². The lowest BCUT2D eigenvalue weighted by Gasteiger charge is -2.34. The number of thiazole rings is 1. The molecule has 2 aliphatic heterocycles. The molecule has 7 heteroatoms. The first-order valence-electron chi connectivity index (χ1n) is 8.31. The van der Waals surface area contributed by atoms with Crippen LogP contribution in [0.15, 0.2) is 35.2 Å². The predicted octanol–water partition coefficient (Wildman–Crippen LogP) is 3.59. The fraction of sp³-hybridized carbons (Fsp3) is 0.444. The number of benzene rings is 1. The number of nitrogens with zero attached hydrogens (tertiary/aromatic N) is 1. The number of nitrogens with one attached hydrogen (secondary N) is 2. The van der Waals surface area contributed by atoms with Gasteiger partial charge in [0.15, 0.2) is 0 Å². The number of halogens is 2. The van der Waals surface area contributed by atoms with Crippen LogP contribution in [-0.4, -0.2) is 23.0 Å². The third kappa shape index (κ3) is 3.70. The number of hydrogen-bond donors (Lipinski definition) is 2. The molecule has 2 aromatic rings. The summed E-state index contributed by atoms with van der Waals surface area (Å²) in [5.74, 6) is 0.134. The van der Waals surface area contributed by atoms with Crippen LogP contribution in [-0.2, 0) is 17.8 Å². The standard InChI is InChI=1S/C18H20ClN3OS.ClH/c19-13-3-1-2-12(6-13)9-20-17(23)18(8-15-10-24-11-21-15)7-14-4-5-16(18)22-14;/h1-3,6,10-11,14,16,22H,4-5,7-9H2,(H,20,23);1H/t14-,16+,18-;/m0./s1. The molecule has 4 rings (SSSR count). The van der Waals surface area contributed by atoms with Crippen molar-refractivity contribution >= 4 is 41.3 Å². The number of rotatable bonds is 5. The van der Waals surface area contributed by atoms with Gasteiger partial charge < -0.3 is 10.6 Å². The summed E-state index contributed by atoms with van der Waals surface area (Å²) < 4.78 is 0. The van der Waals surface area contributed by atoms with Gasteiger partial charge in [0, 0.05) is 35.5 Å². The Hall–Kier alpha value is -1.14. The van der Waals surface area contributed by atoms with Crippen LogP contribution in [0.4, 0.5) is 0 Å². The molecule has 0 aliphatic carbocycles. The molecule has 0 unspecified atom stereocenters. The summed E-state index contributed by atoms with van der Waals surface area (Å²) >= 11 is 7.62. The lowest BCUT2D eigenvalue weighted by Crippen LogP contribution is -2.49. The Kier molecular flexibility index (Phi) is 5.68. The van der Waals surface area contributed by atoms with Crippen LogP contribution in [0.3, 0.4) is 0 Å². The summed E-state index contributed by atoms with van der Waals surface area (Å²) in [6.45, 7) is 0.510. The van der Waals surface area contributed by atoms with Crippen LogP contribution in [0.5, 0.6) is 0 Å². The van der Waals surface area contributed by atoms with Crippen molar-refractivity contribution in [3.05, 3.63) is 51.4 Å². The van der Waals surface area contributed by atoms with Crippen molar-refractivity contribution < 1.29 is 4.79 Å². The molecule has 134 valence electrons. The summed E-state index contributed by atoms with van der Waals surface area (Å²) in [7, 11) is 0. The topological polar surface area (TPSA) is 54.0 Å². The van der Waals surface area contributed by atoms with E-state index in [0.717, 1.165) is 24.1 Å². The van der Waals surface area contributed by atoms with Gasteiger partial charge in [-0.15, -0.1) is 23.7 Å². The zero-order valence-corrected chi connectivity index (χ0v) is 16.1. The van der Waals surface area contributed by atoms with Gasteiger partial charge in [-0.05, 0) is 37.0 Å². The van der Waals surface area contributed by atoms with Gasteiger partial charge in [-0.2, -0.15) is 0 Å². The molecule has 0 radical (unpaired) electrons. The third-order valence-corrected chi connectivity index (χ3v) is 6.16. The van der Waals surface area contributed by atoms with Gasteiger partial charge in [0.1, 0.15) is 0 Å². The number of carbonyl (C=O) groups excluding carboxylic acids is 1. The number of aromatic nitrogens is 1. The second kappa shape index (κ2) is 7.62. The van der Waals surface area contributed by atoms with Crippen LogP contribution in [0.1, 0.15) is 30.5 Å². The molecule has 1 aromatic carbocycles. The van der Waals surface area contributed by atoms with E-state index in [-0.39, 0.29) is 29.8 Å². The zero-order valence-electron chi connectivity index (χ0n) is 13.7. The molecular weight excluding hydrogens is 377 g/mol. The first kappa shape index (κ1) is 18.6. The molecule has 2 saturated heterocycles. The smallest absolute Gasteiger partial charge is 0.228 e. The zero-order chi connectivity index (χ0) is 16.6. The van der Waals surface area contributed by atoms with Crippen molar-refractivity contribution in [2.45, 2.75) is 44.3 Å². The second-order valence-electron chi connectivity index (χ2n) is 6.82. The molecule has 3 atom stereocenters. The van der Waals surface area contributed by atoms with Crippen LogP contribution in [0, 0.1) is 5.41 Å². The maximum atomic E-state index is 13.1. The minimum atomic E-state index is -0.379. The highest BCUT2D eigenvalue weighted by atomic mass is 35.5. The first-order valence-corrected chi connectivity index (χ1v) is 9.64. The quantitative estimate of drug-likeness (QED) is 0.810. The predicted molar refractivity (Wildman–Crippen MR) is 103 cm³/mol. The lowest BCUT2D eigenvalue weighted by atomic mass is 9.70. The fourth-order valence-electron chi connectivity index (χ4n) is 4.18. The van der Waals surface area contributed by atoms with Crippen molar-refractivity contribution in [2.75, 3.05) is 0 Å². The van der Waals surface area contributed by atoms with E-state index in [0.29, 0.717) is 24.0 Å². The summed E-state index contributed by atoms with van der Waals surface area (Å²) in [6, 6.07) is 8.35. The lowest BCUT2D eigenvalue weighted by molar-refractivity contribution is -0.132. The van der Waals surface area contributed by atoms with E-state index in [1.165, 1.54) is 6.42 Å². The van der Waals surface area contributed by atoms with E-state index in [9.17, 15) is 4.79 Å². The normalized spacial score (nSPS) is 27.1. The third-order valence-electron chi connectivity index (χ3n) is 5.29. The molecule has 0 saturated carbocycles. The molecule has 25 heavy (non-hydrogen) atoms. The summed E-state index contributed by atoms with van der Waals surface area (Å²) in [5.41, 5.74) is 3.51. The van der Waals surface area contributed by atoms with Gasteiger partial charge >= 0.3 is 0 Å². The molecule has 1 aromatic heterocycles. The molecule has 2 aliphatic rings. The Balaban J connectivity index is 0.00000182. The highest BCUT2D eigenvalue weighted by Crippen LogP contribution is 2.45. The second-order valence-corrected chi connectivity index (χ2v) is 7.98. The van der Waals surface area contributed by atoms with Crippen LogP contribution < -0.4 is 10.6 Å². The Labute approximate surface area is 162 Å². The van der Waals surface area contributed by atoms with Crippen LogP contribution in [0.2, 0.25) is 5.02 Å². The van der Waals surface area contributed by atoms with Gasteiger partial charge in [-0.1, -0.05) is 23.7 Å². The van der Waals surface area contributed by atoms with E-state index >= 15 is 0 Å². The van der Waals surface area contributed by atoms with E-state index < -0.39 is 0 Å². The molecule has 0 spiro atoms. The average Bonchev–Trinajstić information content (AvgIpc) is 3.30. The van der Waals surface area contributed by atoms with E-state index in [1.807, 2.05) is 29.8 Å². The summed E-state index contributed by atoms with van der Waals surface area (Å²) in [6.07, 6.45) is 3.85. The SMILES string of the molecule is Cl.O=C(NCc1cccc(Cl)c1)[C@]1(Cc2cscn2)C[C@@H]2CC[C@H]1N2. The minimum Gasteiger partial charge on any atom is -0.351 e. The van der Waals surface area contributed by atoms with E-state index in [4.69, 9.17) is 11.6 Å². The molecule has 2 N–H and O–H groups in total. The molecule has 2 bridgehead atoms. The largest absolute Gasteiger partial charge is 0.351 e. The van der Waals surface area contributed by atoms with Gasteiger partial charge in [-0.3, -0.25) is 4.79 Å². The van der Waals surface area contributed by atoms with Crippen LogP contribution >= 0.6 is 35.3 Å². The first-order chi connectivity index (χ1) is 11.7. The van der Waals surface area contributed by atoms with Crippen LogP contribution in [0.25, 0.3) is 0 Å². The van der Waals surface area contributed by atoms with Gasteiger partial charge in [-0.25, -0.2) is 4.98 Å². The van der Waals surface area contributed by atoms with E-state index in [1.54, 1.807) is 11.3 Å². The number of carbonyl (C=O) groups is 1. The highest BCUT2D eigenvalue weighted by molar-refractivity contribution is 7.07. The number of fused-ring (bicyclic) bond motifs is 2. The Morgan fingerprint density at radius 3 is 2.96 bits per heavy atom. The number of amides is 1. The van der Waals surface area contributed by atoms with Gasteiger partial charge in [0.25, 0.3) is 0 Å². The summed E-state index contributed by atoms with van der Waals surface area (Å²) in [5, 5.41) is 9.51. The molecule has 2 fully saturated rings. The maximum absolute atomic E-state index is 13.1. The van der Waals surface area contributed by atoms with Gasteiger partial charge in [0.05, 0.1) is 16.6 Å². The molecular formula is C18H21Cl2N3OS. The van der Waals surface area contributed by atoms with Crippen molar-refractivity contribution in [3.63, 3.8) is 0 Å².